The highest BCUT2D eigenvalue weighted by Crippen LogP contribution is 2.20. The second-order valence-corrected chi connectivity index (χ2v) is 7.07. The summed E-state index contributed by atoms with van der Waals surface area (Å²) in [6.45, 7) is 6.40. The SMILES string of the molecule is CC1CCN(CCCNC(=O)N(C)Cc2c(F)cccc2Cl)CC1. The number of urea groups is 1. The number of likely N-dealkylation sites (tertiary alicyclic amines) is 1. The Bertz CT molecular complexity index is 527. The van der Waals surface area contributed by atoms with Crippen LogP contribution >= 0.6 is 11.6 Å². The zero-order chi connectivity index (χ0) is 17.5. The molecule has 2 amide bonds. The van der Waals surface area contributed by atoms with E-state index in [0.717, 1.165) is 32.0 Å². The Hall–Kier alpha value is -1.33. The van der Waals surface area contributed by atoms with Crippen molar-refractivity contribution in [2.45, 2.75) is 32.7 Å². The Kier molecular flexibility index (Phi) is 7.31. The molecular formula is C18H27ClFN3O. The summed E-state index contributed by atoms with van der Waals surface area (Å²) in [4.78, 5) is 16.0. The number of hydrogen-bond donors (Lipinski definition) is 1. The van der Waals surface area contributed by atoms with Crippen LogP contribution in [-0.4, -0.2) is 49.1 Å². The van der Waals surface area contributed by atoms with E-state index in [1.807, 2.05) is 0 Å². The lowest BCUT2D eigenvalue weighted by Crippen LogP contribution is -2.39. The maximum atomic E-state index is 13.8. The number of halogens is 2. The predicted molar refractivity (Wildman–Crippen MR) is 95.7 cm³/mol. The van der Waals surface area contributed by atoms with Crippen molar-refractivity contribution in [2.75, 3.05) is 33.2 Å². The molecule has 1 saturated heterocycles. The average molecular weight is 356 g/mol. The largest absolute Gasteiger partial charge is 0.338 e. The molecule has 4 nitrogen and oxygen atoms in total. The number of hydrogen-bond acceptors (Lipinski definition) is 2. The van der Waals surface area contributed by atoms with Crippen LogP contribution in [0, 0.1) is 11.7 Å². The second-order valence-electron chi connectivity index (χ2n) is 6.67. The van der Waals surface area contributed by atoms with Crippen LogP contribution in [0.4, 0.5) is 9.18 Å². The first-order chi connectivity index (χ1) is 11.5. The zero-order valence-electron chi connectivity index (χ0n) is 14.5. The van der Waals surface area contributed by atoms with Crippen molar-refractivity contribution < 1.29 is 9.18 Å². The predicted octanol–water partition coefficient (Wildman–Crippen LogP) is 3.74. The van der Waals surface area contributed by atoms with Gasteiger partial charge in [-0.3, -0.25) is 0 Å². The molecule has 1 heterocycles. The molecule has 2 rings (SSSR count). The molecule has 1 aromatic rings. The molecule has 1 fully saturated rings. The second kappa shape index (κ2) is 9.23. The Balaban J connectivity index is 1.68. The third-order valence-corrected chi connectivity index (χ3v) is 4.96. The maximum absolute atomic E-state index is 13.8. The summed E-state index contributed by atoms with van der Waals surface area (Å²) in [6, 6.07) is 4.34. The Morgan fingerprint density at radius 1 is 1.42 bits per heavy atom. The van der Waals surface area contributed by atoms with Crippen LogP contribution in [-0.2, 0) is 6.54 Å². The smallest absolute Gasteiger partial charge is 0.317 e. The number of amides is 2. The Labute approximate surface area is 149 Å². The summed E-state index contributed by atoms with van der Waals surface area (Å²) in [5.41, 5.74) is 0.347. The van der Waals surface area contributed by atoms with Gasteiger partial charge < -0.3 is 15.1 Å². The van der Waals surface area contributed by atoms with Crippen molar-refractivity contribution in [2.24, 2.45) is 5.92 Å². The number of carbonyl (C=O) groups excluding carboxylic acids is 1. The number of rotatable bonds is 6. The van der Waals surface area contributed by atoms with Gasteiger partial charge >= 0.3 is 6.03 Å². The molecule has 24 heavy (non-hydrogen) atoms. The van der Waals surface area contributed by atoms with Crippen molar-refractivity contribution in [3.8, 4) is 0 Å². The van der Waals surface area contributed by atoms with Gasteiger partial charge in [0.2, 0.25) is 0 Å². The van der Waals surface area contributed by atoms with Crippen molar-refractivity contribution in [3.05, 3.63) is 34.6 Å². The number of nitrogens with one attached hydrogen (secondary N) is 1. The molecule has 0 atom stereocenters. The van der Waals surface area contributed by atoms with Crippen LogP contribution in [0.5, 0.6) is 0 Å². The molecule has 0 aliphatic carbocycles. The van der Waals surface area contributed by atoms with E-state index in [0.29, 0.717) is 17.1 Å². The van der Waals surface area contributed by atoms with E-state index in [2.05, 4.69) is 17.1 Å². The molecule has 0 radical (unpaired) electrons. The fraction of sp³-hybridized carbons (Fsp3) is 0.611. The van der Waals surface area contributed by atoms with Crippen molar-refractivity contribution in [3.63, 3.8) is 0 Å². The summed E-state index contributed by atoms with van der Waals surface area (Å²) < 4.78 is 13.8. The Morgan fingerprint density at radius 3 is 2.79 bits per heavy atom. The fourth-order valence-electron chi connectivity index (χ4n) is 2.91. The molecule has 1 N–H and O–H groups in total. The summed E-state index contributed by atoms with van der Waals surface area (Å²) in [5, 5.41) is 3.23. The molecule has 1 aromatic carbocycles. The van der Waals surface area contributed by atoms with Gasteiger partial charge in [-0.1, -0.05) is 24.6 Å². The maximum Gasteiger partial charge on any atom is 0.317 e. The van der Waals surface area contributed by atoms with E-state index in [1.54, 1.807) is 19.2 Å². The van der Waals surface area contributed by atoms with E-state index < -0.39 is 0 Å². The lowest BCUT2D eigenvalue weighted by Gasteiger charge is -2.30. The first-order valence-corrected chi connectivity index (χ1v) is 8.99. The van der Waals surface area contributed by atoms with Gasteiger partial charge in [0.25, 0.3) is 0 Å². The minimum Gasteiger partial charge on any atom is -0.338 e. The summed E-state index contributed by atoms with van der Waals surface area (Å²) in [7, 11) is 1.64. The van der Waals surface area contributed by atoms with Crippen LogP contribution in [0.3, 0.4) is 0 Å². The number of nitrogens with zero attached hydrogens (tertiary/aromatic N) is 2. The van der Waals surface area contributed by atoms with Gasteiger partial charge in [0.1, 0.15) is 5.82 Å². The quantitative estimate of drug-likeness (QED) is 0.789. The van der Waals surface area contributed by atoms with Crippen LogP contribution in [0.15, 0.2) is 18.2 Å². The van der Waals surface area contributed by atoms with Gasteiger partial charge in [-0.2, -0.15) is 0 Å². The summed E-state index contributed by atoms with van der Waals surface area (Å²) in [5.74, 6) is 0.446. The van der Waals surface area contributed by atoms with Gasteiger partial charge in [0.05, 0.1) is 6.54 Å². The zero-order valence-corrected chi connectivity index (χ0v) is 15.3. The van der Waals surface area contributed by atoms with Crippen LogP contribution in [0.2, 0.25) is 5.02 Å². The van der Waals surface area contributed by atoms with Gasteiger partial charge in [0, 0.05) is 24.2 Å². The average Bonchev–Trinajstić information content (AvgIpc) is 2.56. The van der Waals surface area contributed by atoms with Gasteiger partial charge in [-0.15, -0.1) is 0 Å². The molecule has 0 bridgehead atoms. The van der Waals surface area contributed by atoms with E-state index in [4.69, 9.17) is 11.6 Å². The third kappa shape index (κ3) is 5.64. The monoisotopic (exact) mass is 355 g/mol. The molecule has 0 unspecified atom stereocenters. The molecule has 0 saturated carbocycles. The lowest BCUT2D eigenvalue weighted by atomic mass is 9.99. The highest BCUT2D eigenvalue weighted by atomic mass is 35.5. The van der Waals surface area contributed by atoms with E-state index >= 15 is 0 Å². The van der Waals surface area contributed by atoms with Gasteiger partial charge in [-0.05, 0) is 56.9 Å². The first-order valence-electron chi connectivity index (χ1n) is 8.61. The first kappa shape index (κ1) is 19.0. The number of piperidine rings is 1. The van der Waals surface area contributed by atoms with Gasteiger partial charge in [0.15, 0.2) is 0 Å². The minimum atomic E-state index is -0.388. The molecule has 1 aliphatic rings. The van der Waals surface area contributed by atoms with Crippen LogP contribution in [0.1, 0.15) is 31.7 Å². The molecular weight excluding hydrogens is 329 g/mol. The van der Waals surface area contributed by atoms with E-state index in [-0.39, 0.29) is 18.4 Å². The number of carbonyl (C=O) groups is 1. The highest BCUT2D eigenvalue weighted by Gasteiger charge is 2.16. The minimum absolute atomic E-state index is 0.154. The van der Waals surface area contributed by atoms with Gasteiger partial charge in [-0.25, -0.2) is 9.18 Å². The standard InChI is InChI=1S/C18H27ClFN3O/c1-14-7-11-23(12-8-14)10-4-9-21-18(24)22(2)13-15-16(19)5-3-6-17(15)20/h3,5-6,14H,4,7-13H2,1-2H3,(H,21,24). The van der Waals surface area contributed by atoms with E-state index in [1.165, 1.54) is 23.8 Å². The summed E-state index contributed by atoms with van der Waals surface area (Å²) >= 11 is 6.00. The summed E-state index contributed by atoms with van der Waals surface area (Å²) in [6.07, 6.45) is 3.45. The fourth-order valence-corrected chi connectivity index (χ4v) is 3.13. The Morgan fingerprint density at radius 2 is 2.12 bits per heavy atom. The molecule has 1 aliphatic heterocycles. The number of benzene rings is 1. The normalized spacial score (nSPS) is 16.2. The van der Waals surface area contributed by atoms with Crippen molar-refractivity contribution >= 4 is 17.6 Å². The molecule has 6 heteroatoms. The van der Waals surface area contributed by atoms with Crippen LogP contribution < -0.4 is 5.32 Å². The molecule has 134 valence electrons. The van der Waals surface area contributed by atoms with Crippen LogP contribution in [0.25, 0.3) is 0 Å². The highest BCUT2D eigenvalue weighted by molar-refractivity contribution is 6.31. The van der Waals surface area contributed by atoms with Crippen molar-refractivity contribution in [1.29, 1.82) is 0 Å². The molecule has 0 spiro atoms. The topological polar surface area (TPSA) is 35.6 Å². The van der Waals surface area contributed by atoms with E-state index in [9.17, 15) is 9.18 Å². The van der Waals surface area contributed by atoms with Crippen molar-refractivity contribution in [1.82, 2.24) is 15.1 Å². The lowest BCUT2D eigenvalue weighted by molar-refractivity contribution is 0.187. The molecule has 0 aromatic heterocycles. The third-order valence-electron chi connectivity index (χ3n) is 4.61.